The third-order valence-electron chi connectivity index (χ3n) is 5.47. The number of hydrogen-bond donors (Lipinski definition) is 1. The molecule has 2 aromatic rings. The van der Waals surface area contributed by atoms with E-state index in [1.54, 1.807) is 18.3 Å². The Morgan fingerprint density at radius 2 is 1.74 bits per heavy atom. The Morgan fingerprint density at radius 1 is 1.07 bits per heavy atom. The van der Waals surface area contributed by atoms with Crippen LogP contribution < -0.4 is 10.2 Å². The molecular weight excluding hydrogens is 342 g/mol. The number of amides is 1. The van der Waals surface area contributed by atoms with E-state index in [-0.39, 0.29) is 5.91 Å². The van der Waals surface area contributed by atoms with Crippen molar-refractivity contribution in [2.75, 3.05) is 25.1 Å². The van der Waals surface area contributed by atoms with Crippen molar-refractivity contribution in [3.63, 3.8) is 0 Å². The number of fused-ring (bicyclic) bond motifs is 1. The number of pyridine rings is 1. The van der Waals surface area contributed by atoms with Gasteiger partial charge in [0.15, 0.2) is 0 Å². The molecule has 6 heteroatoms. The predicted molar refractivity (Wildman–Crippen MR) is 102 cm³/mol. The van der Waals surface area contributed by atoms with Gasteiger partial charge in [0, 0.05) is 32.1 Å². The molecule has 1 aromatic carbocycles. The van der Waals surface area contributed by atoms with Crippen LogP contribution in [0.3, 0.4) is 0 Å². The van der Waals surface area contributed by atoms with Gasteiger partial charge in [-0.3, -0.25) is 4.79 Å². The minimum Gasteiger partial charge on any atom is -0.467 e. The van der Waals surface area contributed by atoms with Gasteiger partial charge in [-0.15, -0.1) is 0 Å². The second kappa shape index (κ2) is 7.02. The Labute approximate surface area is 158 Å². The number of carbonyl (C=O) groups is 2. The van der Waals surface area contributed by atoms with E-state index in [1.807, 2.05) is 24.3 Å². The molecule has 27 heavy (non-hydrogen) atoms. The number of ether oxygens (including phenoxy) is 1. The van der Waals surface area contributed by atoms with Gasteiger partial charge in [0.2, 0.25) is 0 Å². The van der Waals surface area contributed by atoms with Crippen LogP contribution in [0.4, 0.5) is 5.82 Å². The molecule has 0 atom stereocenters. The molecular formula is C21H23N3O3. The molecule has 4 rings (SSSR count). The van der Waals surface area contributed by atoms with Gasteiger partial charge in [0.25, 0.3) is 5.91 Å². The maximum absolute atomic E-state index is 13.2. The molecule has 0 bridgehead atoms. The first-order valence-corrected chi connectivity index (χ1v) is 9.31. The smallest absolute Gasteiger partial charge is 0.332 e. The van der Waals surface area contributed by atoms with Gasteiger partial charge in [0.05, 0.1) is 12.7 Å². The highest BCUT2D eigenvalue weighted by molar-refractivity contribution is 6.02. The zero-order valence-corrected chi connectivity index (χ0v) is 15.4. The summed E-state index contributed by atoms with van der Waals surface area (Å²) in [6, 6.07) is 11.4. The maximum Gasteiger partial charge on any atom is 0.332 e. The SMILES string of the molecule is COC(=O)C1(NC(=O)c2cccnc2N2CCCC2)Cc2ccccc2C1. The van der Waals surface area contributed by atoms with Crippen molar-refractivity contribution in [3.05, 3.63) is 59.3 Å². The van der Waals surface area contributed by atoms with Crippen molar-refractivity contribution in [3.8, 4) is 0 Å². The van der Waals surface area contributed by atoms with Gasteiger partial charge in [-0.2, -0.15) is 0 Å². The molecule has 140 valence electrons. The molecule has 1 amide bonds. The lowest BCUT2D eigenvalue weighted by atomic mass is 9.95. The van der Waals surface area contributed by atoms with E-state index in [0.717, 1.165) is 37.1 Å². The molecule has 1 aromatic heterocycles. The number of anilines is 1. The van der Waals surface area contributed by atoms with Crippen LogP contribution in [0.5, 0.6) is 0 Å². The highest BCUT2D eigenvalue weighted by Crippen LogP contribution is 2.32. The fourth-order valence-electron chi connectivity index (χ4n) is 4.13. The van der Waals surface area contributed by atoms with E-state index < -0.39 is 11.5 Å². The summed E-state index contributed by atoms with van der Waals surface area (Å²) in [7, 11) is 1.36. The number of nitrogens with zero attached hydrogens (tertiary/aromatic N) is 2. The largest absolute Gasteiger partial charge is 0.467 e. The van der Waals surface area contributed by atoms with Crippen molar-refractivity contribution in [1.82, 2.24) is 10.3 Å². The van der Waals surface area contributed by atoms with Crippen LogP contribution in [0.1, 0.15) is 34.3 Å². The van der Waals surface area contributed by atoms with Crippen molar-refractivity contribution < 1.29 is 14.3 Å². The Morgan fingerprint density at radius 3 is 2.37 bits per heavy atom. The minimum atomic E-state index is -1.08. The number of hydrogen-bond acceptors (Lipinski definition) is 5. The average molecular weight is 365 g/mol. The predicted octanol–water partition coefficient (Wildman–Crippen LogP) is 2.12. The van der Waals surface area contributed by atoms with Crippen LogP contribution in [0.15, 0.2) is 42.6 Å². The number of nitrogens with one attached hydrogen (secondary N) is 1. The minimum absolute atomic E-state index is 0.289. The van der Waals surface area contributed by atoms with Gasteiger partial charge < -0.3 is 15.0 Å². The molecule has 0 unspecified atom stereocenters. The summed E-state index contributed by atoms with van der Waals surface area (Å²) in [6.07, 6.45) is 4.76. The topological polar surface area (TPSA) is 71.5 Å². The summed E-state index contributed by atoms with van der Waals surface area (Å²) in [5, 5.41) is 2.99. The molecule has 2 aliphatic rings. The molecule has 2 heterocycles. The molecule has 1 aliphatic heterocycles. The third kappa shape index (κ3) is 3.16. The normalized spacial score (nSPS) is 17.4. The van der Waals surface area contributed by atoms with E-state index in [2.05, 4.69) is 15.2 Å². The number of aromatic nitrogens is 1. The Kier molecular flexibility index (Phi) is 4.56. The summed E-state index contributed by atoms with van der Waals surface area (Å²) in [6.45, 7) is 1.79. The number of esters is 1. The quantitative estimate of drug-likeness (QED) is 0.841. The Balaban J connectivity index is 1.64. The summed E-state index contributed by atoms with van der Waals surface area (Å²) in [5.41, 5.74) is 1.55. The average Bonchev–Trinajstić information content (AvgIpc) is 3.35. The monoisotopic (exact) mass is 365 g/mol. The van der Waals surface area contributed by atoms with Crippen molar-refractivity contribution >= 4 is 17.7 Å². The first-order chi connectivity index (χ1) is 13.1. The van der Waals surface area contributed by atoms with E-state index in [9.17, 15) is 9.59 Å². The number of carbonyl (C=O) groups excluding carboxylic acids is 2. The van der Waals surface area contributed by atoms with Crippen LogP contribution in [-0.4, -0.2) is 42.6 Å². The van der Waals surface area contributed by atoms with Crippen molar-refractivity contribution in [2.45, 2.75) is 31.2 Å². The molecule has 1 aliphatic carbocycles. The van der Waals surface area contributed by atoms with E-state index in [1.165, 1.54) is 7.11 Å². The summed E-state index contributed by atoms with van der Waals surface area (Å²) >= 11 is 0. The second-order valence-electron chi connectivity index (χ2n) is 7.22. The second-order valence-corrected chi connectivity index (χ2v) is 7.22. The van der Waals surface area contributed by atoms with Gasteiger partial charge in [-0.05, 0) is 36.1 Å². The number of methoxy groups -OCH3 is 1. The molecule has 0 saturated carbocycles. The van der Waals surface area contributed by atoms with Crippen molar-refractivity contribution in [2.24, 2.45) is 0 Å². The van der Waals surface area contributed by atoms with Gasteiger partial charge in [-0.25, -0.2) is 9.78 Å². The molecule has 1 saturated heterocycles. The molecule has 0 radical (unpaired) electrons. The van der Waals surface area contributed by atoms with Crippen LogP contribution in [0.25, 0.3) is 0 Å². The molecule has 1 fully saturated rings. The van der Waals surface area contributed by atoms with Crippen molar-refractivity contribution in [1.29, 1.82) is 0 Å². The highest BCUT2D eigenvalue weighted by Gasteiger charge is 2.46. The third-order valence-corrected chi connectivity index (χ3v) is 5.47. The van der Waals surface area contributed by atoms with Gasteiger partial charge in [-0.1, -0.05) is 24.3 Å². The van der Waals surface area contributed by atoms with E-state index >= 15 is 0 Å². The summed E-state index contributed by atoms with van der Waals surface area (Å²) < 4.78 is 5.06. The molecule has 6 nitrogen and oxygen atoms in total. The first-order valence-electron chi connectivity index (χ1n) is 9.31. The Hall–Kier alpha value is -2.89. The zero-order valence-electron chi connectivity index (χ0n) is 15.4. The van der Waals surface area contributed by atoms with E-state index in [0.29, 0.717) is 24.2 Å². The van der Waals surface area contributed by atoms with Crippen LogP contribution in [0, 0.1) is 0 Å². The van der Waals surface area contributed by atoms with Crippen LogP contribution in [-0.2, 0) is 22.4 Å². The summed E-state index contributed by atoms with van der Waals surface area (Å²) in [4.78, 5) is 32.4. The first kappa shape index (κ1) is 17.5. The van der Waals surface area contributed by atoms with Gasteiger partial charge in [0.1, 0.15) is 11.4 Å². The van der Waals surface area contributed by atoms with Crippen LogP contribution in [0.2, 0.25) is 0 Å². The lowest BCUT2D eigenvalue weighted by molar-refractivity contribution is -0.147. The summed E-state index contributed by atoms with van der Waals surface area (Å²) in [5.74, 6) is -0.0232. The fourth-order valence-corrected chi connectivity index (χ4v) is 4.13. The highest BCUT2D eigenvalue weighted by atomic mass is 16.5. The number of benzene rings is 1. The lowest BCUT2D eigenvalue weighted by Crippen LogP contribution is -2.56. The number of rotatable bonds is 4. The fraction of sp³-hybridized carbons (Fsp3) is 0.381. The maximum atomic E-state index is 13.2. The zero-order chi connectivity index (χ0) is 18.9. The lowest BCUT2D eigenvalue weighted by Gasteiger charge is -2.28. The molecule has 1 N–H and O–H groups in total. The van der Waals surface area contributed by atoms with Crippen LogP contribution >= 0.6 is 0 Å². The van der Waals surface area contributed by atoms with E-state index in [4.69, 9.17) is 4.74 Å². The van der Waals surface area contributed by atoms with Gasteiger partial charge >= 0.3 is 5.97 Å². The molecule has 0 spiro atoms. The Bertz CT molecular complexity index is 849. The standard InChI is InChI=1S/C21H23N3O3/c1-27-20(26)21(13-15-7-2-3-8-16(15)14-21)23-19(25)17-9-6-10-22-18(17)24-11-4-5-12-24/h2-3,6-10H,4-5,11-14H2,1H3,(H,23,25).